The zero-order chi connectivity index (χ0) is 18.6. The van der Waals surface area contributed by atoms with E-state index in [4.69, 9.17) is 27.9 Å². The zero-order valence-corrected chi connectivity index (χ0v) is 16.2. The number of allylic oxidation sites excluding steroid dienone is 1. The first-order valence-corrected chi connectivity index (χ1v) is 9.25. The van der Waals surface area contributed by atoms with Crippen LogP contribution in [0.25, 0.3) is 0 Å². The summed E-state index contributed by atoms with van der Waals surface area (Å²) < 4.78 is 5.53. The van der Waals surface area contributed by atoms with Crippen molar-refractivity contribution >= 4 is 35.1 Å². The Bertz CT molecular complexity index is 696. The molecule has 0 fully saturated rings. The average Bonchev–Trinajstić information content (AvgIpc) is 2.54. The molecule has 2 rings (SSSR count). The van der Waals surface area contributed by atoms with E-state index in [0.29, 0.717) is 39.4 Å². The van der Waals surface area contributed by atoms with Gasteiger partial charge < -0.3 is 10.1 Å². The Morgan fingerprint density at radius 3 is 2.60 bits per heavy atom. The standard InChI is InChI=1S/C19H23Cl2NO3/c1-4-12(5-2)10-25-19(24)18-11(3)22-17(23)9-15(18)14-7-6-13(20)8-16(14)21/h6-8,12,15H,4-5,9-10H2,1-3H3,(H,22,23)/t15-/m1/s1. The second-order valence-corrected chi connectivity index (χ2v) is 7.13. The molecule has 25 heavy (non-hydrogen) atoms. The number of amides is 1. The summed E-state index contributed by atoms with van der Waals surface area (Å²) in [5.74, 6) is -0.654. The summed E-state index contributed by atoms with van der Waals surface area (Å²) >= 11 is 12.3. The Balaban J connectivity index is 2.32. The lowest BCUT2D eigenvalue weighted by Gasteiger charge is -2.27. The van der Waals surface area contributed by atoms with Gasteiger partial charge in [0.25, 0.3) is 0 Å². The third-order valence-corrected chi connectivity index (χ3v) is 5.19. The van der Waals surface area contributed by atoms with Gasteiger partial charge in [0.15, 0.2) is 0 Å². The molecular weight excluding hydrogens is 361 g/mol. The normalized spacial score (nSPS) is 17.7. The van der Waals surface area contributed by atoms with Crippen LogP contribution in [-0.2, 0) is 14.3 Å². The van der Waals surface area contributed by atoms with Crippen molar-refractivity contribution in [1.82, 2.24) is 5.32 Å². The maximum absolute atomic E-state index is 12.7. The molecule has 1 aliphatic rings. The van der Waals surface area contributed by atoms with Crippen molar-refractivity contribution in [1.29, 1.82) is 0 Å². The maximum atomic E-state index is 12.7. The summed E-state index contributed by atoms with van der Waals surface area (Å²) in [5, 5.41) is 3.67. The predicted octanol–water partition coefficient (Wildman–Crippen LogP) is 4.85. The fraction of sp³-hybridized carbons (Fsp3) is 0.474. The number of nitrogens with one attached hydrogen (secondary N) is 1. The molecule has 1 atom stereocenters. The fourth-order valence-corrected chi connectivity index (χ4v) is 3.56. The molecule has 0 saturated heterocycles. The first-order valence-electron chi connectivity index (χ1n) is 8.50. The molecule has 0 saturated carbocycles. The summed E-state index contributed by atoms with van der Waals surface area (Å²) in [6.07, 6.45) is 2.05. The van der Waals surface area contributed by atoms with Gasteiger partial charge in [0.05, 0.1) is 12.2 Å². The van der Waals surface area contributed by atoms with Gasteiger partial charge in [-0.25, -0.2) is 4.79 Å². The minimum absolute atomic E-state index is 0.147. The third kappa shape index (κ3) is 4.77. The molecule has 0 radical (unpaired) electrons. The van der Waals surface area contributed by atoms with Gasteiger partial charge in [-0.2, -0.15) is 0 Å². The Hall–Kier alpha value is -1.52. The van der Waals surface area contributed by atoms with Crippen LogP contribution >= 0.6 is 23.2 Å². The van der Waals surface area contributed by atoms with Gasteiger partial charge >= 0.3 is 5.97 Å². The van der Waals surface area contributed by atoms with E-state index in [9.17, 15) is 9.59 Å². The molecule has 0 unspecified atom stereocenters. The van der Waals surface area contributed by atoms with Crippen LogP contribution in [0.3, 0.4) is 0 Å². The van der Waals surface area contributed by atoms with Crippen LogP contribution in [0.1, 0.15) is 51.5 Å². The number of esters is 1. The molecule has 1 aliphatic heterocycles. The number of rotatable bonds is 6. The van der Waals surface area contributed by atoms with E-state index in [1.807, 2.05) is 0 Å². The second kappa shape index (κ2) is 8.72. The van der Waals surface area contributed by atoms with Crippen LogP contribution in [0, 0.1) is 5.92 Å². The highest BCUT2D eigenvalue weighted by atomic mass is 35.5. The van der Waals surface area contributed by atoms with Crippen molar-refractivity contribution in [2.75, 3.05) is 6.61 Å². The van der Waals surface area contributed by atoms with E-state index in [-0.39, 0.29) is 12.3 Å². The van der Waals surface area contributed by atoms with E-state index < -0.39 is 11.9 Å². The minimum atomic E-state index is -0.437. The molecule has 1 N–H and O–H groups in total. The summed E-state index contributed by atoms with van der Waals surface area (Å²) in [6, 6.07) is 5.08. The maximum Gasteiger partial charge on any atom is 0.336 e. The molecule has 1 aromatic rings. The lowest BCUT2D eigenvalue weighted by atomic mass is 9.84. The van der Waals surface area contributed by atoms with Gasteiger partial charge in [-0.3, -0.25) is 4.79 Å². The van der Waals surface area contributed by atoms with Gasteiger partial charge in [-0.1, -0.05) is 56.0 Å². The quantitative estimate of drug-likeness (QED) is 0.714. The van der Waals surface area contributed by atoms with Crippen molar-refractivity contribution in [3.05, 3.63) is 45.1 Å². The molecule has 6 heteroatoms. The summed E-state index contributed by atoms with van der Waals surface area (Å²) in [6.45, 7) is 6.23. The Morgan fingerprint density at radius 2 is 2.00 bits per heavy atom. The van der Waals surface area contributed by atoms with Crippen LogP contribution < -0.4 is 5.32 Å². The number of carbonyl (C=O) groups is 2. The molecule has 0 spiro atoms. The number of benzene rings is 1. The molecule has 1 aromatic carbocycles. The first-order chi connectivity index (χ1) is 11.9. The predicted molar refractivity (Wildman–Crippen MR) is 99.7 cm³/mol. The number of ether oxygens (including phenoxy) is 1. The fourth-order valence-electron chi connectivity index (χ4n) is 3.02. The van der Waals surface area contributed by atoms with Crippen molar-refractivity contribution in [2.24, 2.45) is 5.92 Å². The number of carbonyl (C=O) groups excluding carboxylic acids is 2. The van der Waals surface area contributed by atoms with Crippen molar-refractivity contribution in [2.45, 2.75) is 46.0 Å². The van der Waals surface area contributed by atoms with Gasteiger partial charge in [-0.05, 0) is 30.5 Å². The topological polar surface area (TPSA) is 55.4 Å². The van der Waals surface area contributed by atoms with Crippen LogP contribution in [0.2, 0.25) is 10.0 Å². The molecule has 4 nitrogen and oxygen atoms in total. The van der Waals surface area contributed by atoms with Gasteiger partial charge in [0.1, 0.15) is 0 Å². The molecule has 0 bridgehead atoms. The van der Waals surface area contributed by atoms with Gasteiger partial charge in [0.2, 0.25) is 5.91 Å². The number of halogens is 2. The molecular formula is C19H23Cl2NO3. The summed E-state index contributed by atoms with van der Waals surface area (Å²) in [5.41, 5.74) is 1.67. The van der Waals surface area contributed by atoms with Crippen molar-refractivity contribution < 1.29 is 14.3 Å². The van der Waals surface area contributed by atoms with Crippen LogP contribution in [0.5, 0.6) is 0 Å². The average molecular weight is 384 g/mol. The lowest BCUT2D eigenvalue weighted by molar-refractivity contribution is -0.141. The van der Waals surface area contributed by atoms with E-state index in [2.05, 4.69) is 19.2 Å². The molecule has 0 aliphatic carbocycles. The Kier molecular flexibility index (Phi) is 6.91. The van der Waals surface area contributed by atoms with E-state index in [0.717, 1.165) is 12.8 Å². The number of hydrogen-bond donors (Lipinski definition) is 1. The first kappa shape index (κ1) is 19.8. The lowest BCUT2D eigenvalue weighted by Crippen LogP contribution is -2.34. The zero-order valence-electron chi connectivity index (χ0n) is 14.7. The van der Waals surface area contributed by atoms with Gasteiger partial charge in [0, 0.05) is 28.1 Å². The highest BCUT2D eigenvalue weighted by molar-refractivity contribution is 6.35. The Morgan fingerprint density at radius 1 is 1.32 bits per heavy atom. The SMILES string of the molecule is CCC(CC)COC(=O)C1=C(C)NC(=O)C[C@@H]1c1ccc(Cl)cc1Cl. The van der Waals surface area contributed by atoms with Crippen LogP contribution in [0.15, 0.2) is 29.5 Å². The van der Waals surface area contributed by atoms with E-state index in [1.165, 1.54) is 0 Å². The van der Waals surface area contributed by atoms with Gasteiger partial charge in [-0.15, -0.1) is 0 Å². The van der Waals surface area contributed by atoms with Crippen molar-refractivity contribution in [3.8, 4) is 0 Å². The van der Waals surface area contributed by atoms with Crippen molar-refractivity contribution in [3.63, 3.8) is 0 Å². The molecule has 1 heterocycles. The molecule has 1 amide bonds. The minimum Gasteiger partial charge on any atom is -0.462 e. The number of hydrogen-bond acceptors (Lipinski definition) is 3. The third-order valence-electron chi connectivity index (χ3n) is 4.63. The van der Waals surface area contributed by atoms with Crippen LogP contribution in [-0.4, -0.2) is 18.5 Å². The smallest absolute Gasteiger partial charge is 0.336 e. The van der Waals surface area contributed by atoms with Crippen LogP contribution in [0.4, 0.5) is 0 Å². The highest BCUT2D eigenvalue weighted by Gasteiger charge is 2.34. The second-order valence-electron chi connectivity index (χ2n) is 6.29. The van der Waals surface area contributed by atoms with E-state index >= 15 is 0 Å². The van der Waals surface area contributed by atoms with E-state index in [1.54, 1.807) is 25.1 Å². The largest absolute Gasteiger partial charge is 0.462 e. The molecule has 0 aromatic heterocycles. The monoisotopic (exact) mass is 383 g/mol. The summed E-state index contributed by atoms with van der Waals surface area (Å²) in [4.78, 5) is 24.7. The summed E-state index contributed by atoms with van der Waals surface area (Å²) in [7, 11) is 0. The highest BCUT2D eigenvalue weighted by Crippen LogP contribution is 2.38. The molecule has 136 valence electrons. The Labute approximate surface area is 158 Å².